The maximum Gasteiger partial charge on any atom is 0.134 e. The van der Waals surface area contributed by atoms with Gasteiger partial charge in [0.05, 0.1) is 33.7 Å². The molecule has 8 nitrogen and oxygen atoms in total. The molecule has 0 aliphatic carbocycles. The Morgan fingerprint density at radius 1 is 1.11 bits per heavy atom. The molecule has 0 unspecified atom stereocenters. The van der Waals surface area contributed by atoms with Crippen LogP contribution in [0.1, 0.15) is 35.5 Å². The molecular weight excluding hydrogens is 530 g/mol. The molecule has 1 atom stereocenters. The van der Waals surface area contributed by atoms with Gasteiger partial charge in [-0.2, -0.15) is 5.10 Å². The monoisotopic (exact) mass is 556 g/mol. The lowest BCUT2D eigenvalue weighted by Crippen LogP contribution is -2.46. The number of pyridine rings is 2. The molecular formula is C27H27Cl2FN6O2. The van der Waals surface area contributed by atoms with Crippen LogP contribution in [-0.4, -0.2) is 68.0 Å². The van der Waals surface area contributed by atoms with E-state index in [1.54, 1.807) is 30.5 Å². The molecule has 4 aromatic rings. The largest absolute Gasteiger partial charge is 0.486 e. The molecule has 1 aromatic carbocycles. The van der Waals surface area contributed by atoms with Gasteiger partial charge in [-0.3, -0.25) is 24.9 Å². The van der Waals surface area contributed by atoms with Crippen molar-refractivity contribution < 1.29 is 14.2 Å². The molecule has 4 heterocycles. The number of rotatable bonds is 8. The Bertz CT molecular complexity index is 1420. The zero-order chi connectivity index (χ0) is 26.6. The molecule has 198 valence electrons. The fraction of sp³-hybridized carbons (Fsp3) is 0.296. The Kier molecular flexibility index (Phi) is 8.21. The lowest BCUT2D eigenvalue weighted by molar-refractivity contribution is 0.0514. The van der Waals surface area contributed by atoms with Crippen LogP contribution in [0.4, 0.5) is 4.39 Å². The predicted molar refractivity (Wildman–Crippen MR) is 147 cm³/mol. The fourth-order valence-electron chi connectivity index (χ4n) is 4.45. The molecule has 0 saturated carbocycles. The van der Waals surface area contributed by atoms with Crippen LogP contribution in [0.2, 0.25) is 10.0 Å². The van der Waals surface area contributed by atoms with Crippen molar-refractivity contribution in [2.75, 3.05) is 32.9 Å². The first kappa shape index (κ1) is 26.5. The Morgan fingerprint density at radius 2 is 1.84 bits per heavy atom. The van der Waals surface area contributed by atoms with Crippen molar-refractivity contribution in [2.45, 2.75) is 19.6 Å². The number of nitrogens with one attached hydrogen (secondary N) is 1. The predicted octanol–water partition coefficient (Wildman–Crippen LogP) is 5.33. The van der Waals surface area contributed by atoms with E-state index in [0.717, 1.165) is 31.9 Å². The van der Waals surface area contributed by atoms with Crippen LogP contribution >= 0.6 is 23.2 Å². The summed E-state index contributed by atoms with van der Waals surface area (Å²) in [6.07, 6.45) is 5.57. The summed E-state index contributed by atoms with van der Waals surface area (Å²) in [5.74, 6) is 0.137. The first-order valence-corrected chi connectivity index (χ1v) is 13.0. The summed E-state index contributed by atoms with van der Waals surface area (Å²) < 4.78 is 21.3. The minimum atomic E-state index is -0.429. The molecule has 1 fully saturated rings. The number of ether oxygens (including phenoxy) is 1. The summed E-state index contributed by atoms with van der Waals surface area (Å²) in [7, 11) is 0. The molecule has 1 saturated heterocycles. The standard InChI is InChI=1S/C27H27Cl2FN6O2/c1-17(27-22(28)13-31-14-23(27)29)38-20-4-5-25-21(10-20)26(34-33-25)11-24(30)18-2-3-19(32-12-18)15-35-6-8-36(16-37)9-7-35/h2-5,10-14,17,37H,6-9,15-16H2,1H3,(H,33,34)/b24-11-/t17-/m1/s1. The van der Waals surface area contributed by atoms with Gasteiger partial charge in [-0.15, -0.1) is 0 Å². The third-order valence-electron chi connectivity index (χ3n) is 6.59. The first-order chi connectivity index (χ1) is 18.4. The molecule has 0 radical (unpaired) electrons. The van der Waals surface area contributed by atoms with Crippen molar-refractivity contribution in [3.8, 4) is 5.75 Å². The number of aliphatic hydroxyl groups excluding tert-OH is 1. The number of H-pyrrole nitrogens is 1. The highest BCUT2D eigenvalue weighted by atomic mass is 35.5. The van der Waals surface area contributed by atoms with Gasteiger partial charge in [0.2, 0.25) is 0 Å². The highest BCUT2D eigenvalue weighted by molar-refractivity contribution is 6.35. The minimum Gasteiger partial charge on any atom is -0.486 e. The molecule has 11 heteroatoms. The highest BCUT2D eigenvalue weighted by Gasteiger charge is 2.18. The van der Waals surface area contributed by atoms with Crippen molar-refractivity contribution >= 4 is 46.0 Å². The molecule has 5 rings (SSSR count). The van der Waals surface area contributed by atoms with E-state index < -0.39 is 11.9 Å². The average Bonchev–Trinajstić information content (AvgIpc) is 3.31. The van der Waals surface area contributed by atoms with Crippen LogP contribution in [0.3, 0.4) is 0 Å². The number of halogens is 3. The summed E-state index contributed by atoms with van der Waals surface area (Å²) >= 11 is 12.5. The van der Waals surface area contributed by atoms with E-state index >= 15 is 4.39 Å². The van der Waals surface area contributed by atoms with E-state index in [0.29, 0.717) is 50.1 Å². The molecule has 3 aromatic heterocycles. The summed E-state index contributed by atoms with van der Waals surface area (Å²) in [6, 6.07) is 8.97. The van der Waals surface area contributed by atoms with Gasteiger partial charge in [0, 0.05) is 73.9 Å². The first-order valence-electron chi connectivity index (χ1n) is 12.2. The maximum absolute atomic E-state index is 15.2. The smallest absolute Gasteiger partial charge is 0.134 e. The second-order valence-electron chi connectivity index (χ2n) is 9.16. The van der Waals surface area contributed by atoms with E-state index in [1.807, 2.05) is 17.9 Å². The van der Waals surface area contributed by atoms with E-state index in [1.165, 1.54) is 18.5 Å². The molecule has 2 N–H and O–H groups in total. The summed E-state index contributed by atoms with van der Waals surface area (Å²) in [6.45, 7) is 5.98. The quantitative estimate of drug-likeness (QED) is 0.303. The molecule has 0 amide bonds. The van der Waals surface area contributed by atoms with E-state index in [9.17, 15) is 5.11 Å². The molecule has 0 bridgehead atoms. The van der Waals surface area contributed by atoms with Crippen molar-refractivity contribution in [2.24, 2.45) is 0 Å². The van der Waals surface area contributed by atoms with Gasteiger partial charge in [0.15, 0.2) is 0 Å². The number of benzene rings is 1. The van der Waals surface area contributed by atoms with Crippen molar-refractivity contribution in [1.82, 2.24) is 30.0 Å². The van der Waals surface area contributed by atoms with Crippen molar-refractivity contribution in [3.63, 3.8) is 0 Å². The fourth-order valence-corrected chi connectivity index (χ4v) is 5.12. The number of hydrogen-bond acceptors (Lipinski definition) is 7. The number of hydrogen-bond donors (Lipinski definition) is 2. The van der Waals surface area contributed by atoms with Crippen LogP contribution in [0.5, 0.6) is 5.75 Å². The highest BCUT2D eigenvalue weighted by Crippen LogP contribution is 2.34. The Morgan fingerprint density at radius 3 is 2.53 bits per heavy atom. The average molecular weight is 557 g/mol. The van der Waals surface area contributed by atoms with Crippen LogP contribution in [0, 0.1) is 0 Å². The third kappa shape index (κ3) is 5.98. The summed E-state index contributed by atoms with van der Waals surface area (Å²) in [4.78, 5) is 12.7. The van der Waals surface area contributed by atoms with Gasteiger partial charge in [-0.25, -0.2) is 4.39 Å². The Labute approximate surface area is 229 Å². The van der Waals surface area contributed by atoms with Crippen LogP contribution in [0.15, 0.2) is 48.9 Å². The second kappa shape index (κ2) is 11.8. The zero-order valence-corrected chi connectivity index (χ0v) is 22.3. The maximum atomic E-state index is 15.2. The van der Waals surface area contributed by atoms with Crippen molar-refractivity contribution in [3.05, 3.63) is 81.5 Å². The Hall–Kier alpha value is -3.08. The number of nitrogens with zero attached hydrogens (tertiary/aromatic N) is 5. The topological polar surface area (TPSA) is 90.4 Å². The van der Waals surface area contributed by atoms with Crippen LogP contribution in [0.25, 0.3) is 22.8 Å². The lowest BCUT2D eigenvalue weighted by Gasteiger charge is -2.33. The van der Waals surface area contributed by atoms with Gasteiger partial charge in [0.25, 0.3) is 0 Å². The molecule has 1 aliphatic rings. The van der Waals surface area contributed by atoms with Crippen LogP contribution in [-0.2, 0) is 6.54 Å². The summed E-state index contributed by atoms with van der Waals surface area (Å²) in [5.41, 5.74) is 3.09. The minimum absolute atomic E-state index is 0.0842. The van der Waals surface area contributed by atoms with Gasteiger partial charge in [-0.05, 0) is 37.3 Å². The van der Waals surface area contributed by atoms with E-state index in [-0.39, 0.29) is 6.73 Å². The zero-order valence-electron chi connectivity index (χ0n) is 20.7. The summed E-state index contributed by atoms with van der Waals surface area (Å²) in [5, 5.41) is 18.0. The van der Waals surface area contributed by atoms with Crippen LogP contribution < -0.4 is 4.74 Å². The van der Waals surface area contributed by atoms with Gasteiger partial charge in [0.1, 0.15) is 17.7 Å². The Balaban J connectivity index is 1.30. The normalized spacial score (nSPS) is 16.2. The van der Waals surface area contributed by atoms with Gasteiger partial charge in [-0.1, -0.05) is 23.2 Å². The molecule has 38 heavy (non-hydrogen) atoms. The van der Waals surface area contributed by atoms with Gasteiger partial charge >= 0.3 is 0 Å². The second-order valence-corrected chi connectivity index (χ2v) is 9.97. The molecule has 0 spiro atoms. The SMILES string of the molecule is C[C@@H](Oc1ccc2n[nH]c(/C=C(\F)c3ccc(CN4CCN(CO)CC4)nc3)c2c1)c1c(Cl)cncc1Cl. The number of aromatic amines is 1. The van der Waals surface area contributed by atoms with E-state index in [2.05, 4.69) is 25.1 Å². The third-order valence-corrected chi connectivity index (χ3v) is 7.19. The van der Waals surface area contributed by atoms with Gasteiger partial charge < -0.3 is 9.84 Å². The number of piperazine rings is 1. The number of aliphatic hydroxyl groups is 1. The number of fused-ring (bicyclic) bond motifs is 1. The van der Waals surface area contributed by atoms with E-state index in [4.69, 9.17) is 27.9 Å². The van der Waals surface area contributed by atoms with Crippen molar-refractivity contribution in [1.29, 1.82) is 0 Å². The molecule has 1 aliphatic heterocycles. The lowest BCUT2D eigenvalue weighted by atomic mass is 10.1. The number of aromatic nitrogens is 4.